The second kappa shape index (κ2) is 6.73. The van der Waals surface area contributed by atoms with Crippen molar-refractivity contribution in [3.63, 3.8) is 0 Å². The lowest BCUT2D eigenvalue weighted by molar-refractivity contribution is -0.384. The Hall–Kier alpha value is -1.33. The Labute approximate surface area is 122 Å². The van der Waals surface area contributed by atoms with Crippen LogP contribution in [0.15, 0.2) is 24.3 Å². The Morgan fingerprint density at radius 1 is 1.26 bits per heavy atom. The van der Waals surface area contributed by atoms with Gasteiger partial charge in [0.2, 0.25) is 5.24 Å². The summed E-state index contributed by atoms with van der Waals surface area (Å²) in [6.45, 7) is 1.50. The minimum absolute atomic E-state index is 0. The SMILES string of the molecule is Cl.O=C(Cl)C1CCN(c2ccc([N+](=O)[O-])cc2)CC1. The molecule has 0 saturated carbocycles. The van der Waals surface area contributed by atoms with Gasteiger partial charge in [0, 0.05) is 36.8 Å². The molecule has 0 aromatic heterocycles. The van der Waals surface area contributed by atoms with Gasteiger partial charge in [-0.2, -0.15) is 0 Å². The number of halogens is 2. The molecule has 5 nitrogen and oxygen atoms in total. The van der Waals surface area contributed by atoms with E-state index >= 15 is 0 Å². The van der Waals surface area contributed by atoms with Gasteiger partial charge in [-0.1, -0.05) is 0 Å². The maximum Gasteiger partial charge on any atom is 0.269 e. The molecule has 0 aliphatic carbocycles. The van der Waals surface area contributed by atoms with Gasteiger partial charge in [0.05, 0.1) is 4.92 Å². The molecule has 0 amide bonds. The molecule has 1 aliphatic heterocycles. The normalized spacial score (nSPS) is 15.7. The zero-order chi connectivity index (χ0) is 13.1. The van der Waals surface area contributed by atoms with Gasteiger partial charge in [0.15, 0.2) is 0 Å². The molecule has 0 N–H and O–H groups in total. The molecule has 0 radical (unpaired) electrons. The van der Waals surface area contributed by atoms with Gasteiger partial charge in [-0.3, -0.25) is 14.9 Å². The Kier molecular flexibility index (Phi) is 5.57. The van der Waals surface area contributed by atoms with E-state index in [4.69, 9.17) is 11.6 Å². The van der Waals surface area contributed by atoms with Crippen LogP contribution >= 0.6 is 24.0 Å². The zero-order valence-electron chi connectivity index (χ0n) is 10.1. The number of nitro groups is 1. The van der Waals surface area contributed by atoms with E-state index in [1.54, 1.807) is 12.1 Å². The molecule has 7 heteroatoms. The second-order valence-electron chi connectivity index (χ2n) is 4.34. The molecule has 2 rings (SSSR count). The molecule has 0 spiro atoms. The number of nitro benzene ring substituents is 1. The average molecular weight is 305 g/mol. The summed E-state index contributed by atoms with van der Waals surface area (Å²) in [6, 6.07) is 6.46. The molecule has 1 aliphatic rings. The first-order chi connectivity index (χ1) is 8.58. The first kappa shape index (κ1) is 15.7. The van der Waals surface area contributed by atoms with Crippen molar-refractivity contribution in [1.29, 1.82) is 0 Å². The van der Waals surface area contributed by atoms with Crippen molar-refractivity contribution in [2.24, 2.45) is 5.92 Å². The van der Waals surface area contributed by atoms with Crippen molar-refractivity contribution in [3.8, 4) is 0 Å². The second-order valence-corrected chi connectivity index (χ2v) is 4.71. The molecule has 104 valence electrons. The molecule has 1 fully saturated rings. The fraction of sp³-hybridized carbons (Fsp3) is 0.417. The van der Waals surface area contributed by atoms with Crippen LogP contribution < -0.4 is 4.90 Å². The smallest absolute Gasteiger partial charge is 0.269 e. The standard InChI is InChI=1S/C12H13ClN2O3.ClH/c13-12(16)9-5-7-14(8-6-9)10-1-3-11(4-2-10)15(17)18;/h1-4,9H,5-8H2;1H. The van der Waals surface area contributed by atoms with E-state index in [1.807, 2.05) is 0 Å². The first-order valence-corrected chi connectivity index (χ1v) is 6.14. The van der Waals surface area contributed by atoms with Crippen LogP contribution in [-0.2, 0) is 4.79 Å². The number of rotatable bonds is 3. The van der Waals surface area contributed by atoms with Crippen LogP contribution in [0.3, 0.4) is 0 Å². The quantitative estimate of drug-likeness (QED) is 0.489. The van der Waals surface area contributed by atoms with Crippen molar-refractivity contribution in [1.82, 2.24) is 0 Å². The Morgan fingerprint density at radius 3 is 2.21 bits per heavy atom. The number of hydrogen-bond donors (Lipinski definition) is 0. The molecule has 19 heavy (non-hydrogen) atoms. The lowest BCUT2D eigenvalue weighted by atomic mass is 9.98. The molecule has 0 atom stereocenters. The van der Waals surface area contributed by atoms with Crippen LogP contribution in [0.1, 0.15) is 12.8 Å². The third-order valence-electron chi connectivity index (χ3n) is 3.24. The summed E-state index contributed by atoms with van der Waals surface area (Å²) in [7, 11) is 0. The van der Waals surface area contributed by atoms with Crippen molar-refractivity contribution < 1.29 is 9.72 Å². The minimum atomic E-state index is -0.415. The molecule has 1 saturated heterocycles. The van der Waals surface area contributed by atoms with E-state index < -0.39 is 4.92 Å². The van der Waals surface area contributed by atoms with Crippen molar-refractivity contribution in [3.05, 3.63) is 34.4 Å². The number of non-ortho nitro benzene ring substituents is 1. The number of anilines is 1. The van der Waals surface area contributed by atoms with E-state index in [1.165, 1.54) is 12.1 Å². The van der Waals surface area contributed by atoms with Gasteiger partial charge in [-0.05, 0) is 36.6 Å². The summed E-state index contributed by atoms with van der Waals surface area (Å²) in [5.74, 6) is -0.0547. The van der Waals surface area contributed by atoms with Crippen LogP contribution in [0.2, 0.25) is 0 Å². The molecule has 1 aromatic carbocycles. The highest BCUT2D eigenvalue weighted by Gasteiger charge is 2.23. The molecule has 0 bridgehead atoms. The van der Waals surface area contributed by atoms with E-state index in [9.17, 15) is 14.9 Å². The van der Waals surface area contributed by atoms with E-state index in [-0.39, 0.29) is 29.3 Å². The molecular formula is C12H14Cl2N2O3. The molecule has 0 unspecified atom stereocenters. The summed E-state index contributed by atoms with van der Waals surface area (Å²) in [5, 5.41) is 10.3. The van der Waals surface area contributed by atoms with Gasteiger partial charge in [0.1, 0.15) is 0 Å². The fourth-order valence-electron chi connectivity index (χ4n) is 2.15. The molecule has 1 aromatic rings. The summed E-state index contributed by atoms with van der Waals surface area (Å²) in [6.07, 6.45) is 1.47. The summed E-state index contributed by atoms with van der Waals surface area (Å²) in [5.41, 5.74) is 1.03. The van der Waals surface area contributed by atoms with E-state index in [2.05, 4.69) is 4.90 Å². The zero-order valence-corrected chi connectivity index (χ0v) is 11.7. The largest absolute Gasteiger partial charge is 0.371 e. The predicted octanol–water partition coefficient (Wildman–Crippen LogP) is 3.00. The van der Waals surface area contributed by atoms with Crippen LogP contribution in [-0.4, -0.2) is 23.3 Å². The lowest BCUT2D eigenvalue weighted by Crippen LogP contribution is -2.35. The maximum absolute atomic E-state index is 11.0. The molecule has 1 heterocycles. The van der Waals surface area contributed by atoms with Crippen LogP contribution in [0, 0.1) is 16.0 Å². The third-order valence-corrected chi connectivity index (χ3v) is 3.55. The van der Waals surface area contributed by atoms with Gasteiger partial charge >= 0.3 is 0 Å². The third kappa shape index (κ3) is 3.81. The number of benzene rings is 1. The Morgan fingerprint density at radius 2 is 1.79 bits per heavy atom. The van der Waals surface area contributed by atoms with Gasteiger partial charge in [0.25, 0.3) is 5.69 Å². The van der Waals surface area contributed by atoms with Crippen LogP contribution in [0.25, 0.3) is 0 Å². The topological polar surface area (TPSA) is 63.5 Å². The van der Waals surface area contributed by atoms with Crippen LogP contribution in [0.5, 0.6) is 0 Å². The average Bonchev–Trinajstić information content (AvgIpc) is 2.39. The number of carbonyl (C=O) groups excluding carboxylic acids is 1. The van der Waals surface area contributed by atoms with Crippen molar-refractivity contribution in [2.45, 2.75) is 12.8 Å². The van der Waals surface area contributed by atoms with Crippen molar-refractivity contribution in [2.75, 3.05) is 18.0 Å². The number of nitrogens with zero attached hydrogens (tertiary/aromatic N) is 2. The van der Waals surface area contributed by atoms with Gasteiger partial charge < -0.3 is 4.90 Å². The Balaban J connectivity index is 0.00000180. The summed E-state index contributed by atoms with van der Waals surface area (Å²) >= 11 is 5.47. The van der Waals surface area contributed by atoms with Gasteiger partial charge in [-0.15, -0.1) is 12.4 Å². The first-order valence-electron chi connectivity index (χ1n) is 5.76. The van der Waals surface area contributed by atoms with Gasteiger partial charge in [-0.25, -0.2) is 0 Å². The maximum atomic E-state index is 11.0. The highest BCUT2D eigenvalue weighted by Crippen LogP contribution is 2.26. The summed E-state index contributed by atoms with van der Waals surface area (Å²) < 4.78 is 0. The highest BCUT2D eigenvalue weighted by atomic mass is 35.5. The minimum Gasteiger partial charge on any atom is -0.371 e. The van der Waals surface area contributed by atoms with Crippen molar-refractivity contribution >= 4 is 40.6 Å². The van der Waals surface area contributed by atoms with E-state index in [0.29, 0.717) is 0 Å². The Bertz CT molecular complexity index is 457. The lowest BCUT2D eigenvalue weighted by Gasteiger charge is -2.32. The number of piperidine rings is 1. The molecular weight excluding hydrogens is 291 g/mol. The van der Waals surface area contributed by atoms with Crippen LogP contribution in [0.4, 0.5) is 11.4 Å². The number of carbonyl (C=O) groups is 1. The number of hydrogen-bond acceptors (Lipinski definition) is 4. The van der Waals surface area contributed by atoms with E-state index in [0.717, 1.165) is 31.6 Å². The monoisotopic (exact) mass is 304 g/mol. The predicted molar refractivity (Wildman–Crippen MR) is 76.1 cm³/mol. The fourth-order valence-corrected chi connectivity index (χ4v) is 2.37. The summed E-state index contributed by atoms with van der Waals surface area (Å²) in [4.78, 5) is 23.3. The highest BCUT2D eigenvalue weighted by molar-refractivity contribution is 6.64.